The summed E-state index contributed by atoms with van der Waals surface area (Å²) in [5, 5.41) is 4.43. The molecule has 0 saturated carbocycles. The highest BCUT2D eigenvalue weighted by atomic mass is 32.1. The quantitative estimate of drug-likeness (QED) is 0.628. The summed E-state index contributed by atoms with van der Waals surface area (Å²) in [5.74, 6) is -4.13. The highest BCUT2D eigenvalue weighted by Crippen LogP contribution is 2.36. The summed E-state index contributed by atoms with van der Waals surface area (Å²) >= 11 is 0.848. The van der Waals surface area contributed by atoms with E-state index in [1.807, 2.05) is 0 Å². The fourth-order valence-electron chi connectivity index (χ4n) is 2.37. The van der Waals surface area contributed by atoms with Gasteiger partial charge in [-0.25, -0.2) is 14.1 Å². The molecule has 0 aliphatic carbocycles. The van der Waals surface area contributed by atoms with Crippen LogP contribution in [0.25, 0.3) is 0 Å². The number of carbonyl (C=O) groups is 3. The van der Waals surface area contributed by atoms with Crippen LogP contribution in [0.2, 0.25) is 0 Å². The number of halogens is 4. The van der Waals surface area contributed by atoms with E-state index in [4.69, 9.17) is 0 Å². The van der Waals surface area contributed by atoms with Crippen LogP contribution in [0.15, 0.2) is 41.8 Å². The van der Waals surface area contributed by atoms with Crippen molar-refractivity contribution in [2.75, 3.05) is 4.90 Å². The van der Waals surface area contributed by atoms with Gasteiger partial charge in [-0.2, -0.15) is 13.2 Å². The number of nitrogens with zero attached hydrogens (tertiary/aromatic N) is 1. The number of nitrogens with one attached hydrogen (secondary N) is 2. The zero-order valence-corrected chi connectivity index (χ0v) is 13.5. The van der Waals surface area contributed by atoms with Gasteiger partial charge in [0, 0.05) is 0 Å². The maximum absolute atomic E-state index is 13.9. The molecule has 2 N–H and O–H groups in total. The van der Waals surface area contributed by atoms with Crippen LogP contribution in [0.1, 0.15) is 9.67 Å². The topological polar surface area (TPSA) is 78.5 Å². The molecular weight excluding hydrogens is 378 g/mol. The van der Waals surface area contributed by atoms with E-state index in [0.29, 0.717) is 0 Å². The molecule has 1 unspecified atom stereocenters. The van der Waals surface area contributed by atoms with Crippen LogP contribution >= 0.6 is 11.3 Å². The Morgan fingerprint density at radius 2 is 1.85 bits per heavy atom. The lowest BCUT2D eigenvalue weighted by Gasteiger charge is -2.29. The summed E-state index contributed by atoms with van der Waals surface area (Å²) in [5.41, 5.74) is -4.36. The van der Waals surface area contributed by atoms with Crippen molar-refractivity contribution in [3.63, 3.8) is 0 Å². The van der Waals surface area contributed by atoms with E-state index in [-0.39, 0.29) is 9.78 Å². The second-order valence-electron chi connectivity index (χ2n) is 5.20. The number of carbonyl (C=O) groups excluding carboxylic acids is 3. The normalized spacial score (nSPS) is 20.2. The molecule has 1 fully saturated rings. The summed E-state index contributed by atoms with van der Waals surface area (Å²) in [4.78, 5) is 36.5. The molecule has 1 atom stereocenters. The Kier molecular flexibility index (Phi) is 4.18. The zero-order chi connectivity index (χ0) is 19.1. The Morgan fingerprint density at radius 1 is 1.15 bits per heavy atom. The number of anilines is 1. The number of hydrogen-bond acceptors (Lipinski definition) is 4. The van der Waals surface area contributed by atoms with Crippen LogP contribution < -0.4 is 15.5 Å². The van der Waals surface area contributed by atoms with Gasteiger partial charge in [0.05, 0.1) is 10.6 Å². The van der Waals surface area contributed by atoms with Crippen molar-refractivity contribution in [3.8, 4) is 0 Å². The SMILES string of the molecule is O=C(NC1(C(F)(F)F)NC(=O)N(c2ccccc2F)C1=O)c1cccs1. The lowest BCUT2D eigenvalue weighted by Crippen LogP contribution is -2.69. The summed E-state index contributed by atoms with van der Waals surface area (Å²) in [6.45, 7) is 0. The van der Waals surface area contributed by atoms with E-state index in [0.717, 1.165) is 23.5 Å². The van der Waals surface area contributed by atoms with Gasteiger partial charge in [0.25, 0.3) is 17.5 Å². The highest BCUT2D eigenvalue weighted by Gasteiger charge is 2.69. The van der Waals surface area contributed by atoms with E-state index in [1.165, 1.54) is 40.3 Å². The number of para-hydroxylation sites is 1. The van der Waals surface area contributed by atoms with Crippen molar-refractivity contribution >= 4 is 34.9 Å². The molecule has 2 heterocycles. The lowest BCUT2D eigenvalue weighted by molar-refractivity contribution is -0.197. The van der Waals surface area contributed by atoms with Gasteiger partial charge in [0.2, 0.25) is 0 Å². The third-order valence-electron chi connectivity index (χ3n) is 3.59. The van der Waals surface area contributed by atoms with Gasteiger partial charge in [0.15, 0.2) is 0 Å². The molecule has 1 aromatic heterocycles. The molecule has 6 nitrogen and oxygen atoms in total. The van der Waals surface area contributed by atoms with Gasteiger partial charge < -0.3 is 5.32 Å². The Bertz CT molecular complexity index is 885. The Hall–Kier alpha value is -2.95. The van der Waals surface area contributed by atoms with E-state index in [2.05, 4.69) is 0 Å². The molecule has 0 radical (unpaired) electrons. The van der Waals surface area contributed by atoms with Crippen LogP contribution in [-0.2, 0) is 4.79 Å². The predicted octanol–water partition coefficient (Wildman–Crippen LogP) is 2.63. The zero-order valence-electron chi connectivity index (χ0n) is 12.6. The molecule has 1 saturated heterocycles. The third kappa shape index (κ3) is 2.69. The molecule has 1 aliphatic rings. The second-order valence-corrected chi connectivity index (χ2v) is 6.15. The third-order valence-corrected chi connectivity index (χ3v) is 4.45. The molecule has 11 heteroatoms. The average molecular weight is 387 g/mol. The molecule has 1 aromatic carbocycles. The highest BCUT2D eigenvalue weighted by molar-refractivity contribution is 7.12. The molecule has 26 heavy (non-hydrogen) atoms. The first-order chi connectivity index (χ1) is 12.2. The fraction of sp³-hybridized carbons (Fsp3) is 0.133. The standard InChI is InChI=1S/C15H9F4N3O3S/c16-8-4-1-2-5-9(8)22-12(24)14(15(17,18)19,21-13(22)25)20-11(23)10-6-3-7-26-10/h1-7H,(H,20,23)(H,21,25). The number of urea groups is 1. The lowest BCUT2D eigenvalue weighted by atomic mass is 10.1. The molecule has 136 valence electrons. The molecule has 0 spiro atoms. The van der Waals surface area contributed by atoms with Crippen molar-refractivity contribution in [2.45, 2.75) is 11.8 Å². The van der Waals surface area contributed by atoms with Gasteiger partial charge in [-0.15, -0.1) is 11.3 Å². The maximum Gasteiger partial charge on any atom is 0.440 e. The molecule has 4 amide bonds. The second kappa shape index (κ2) is 6.09. The van der Waals surface area contributed by atoms with Crippen LogP contribution in [0.3, 0.4) is 0 Å². The first kappa shape index (κ1) is 17.9. The predicted molar refractivity (Wildman–Crippen MR) is 83.0 cm³/mol. The number of amides is 4. The van der Waals surface area contributed by atoms with Gasteiger partial charge in [-0.05, 0) is 23.6 Å². The minimum atomic E-state index is -5.37. The molecule has 0 bridgehead atoms. The Morgan fingerprint density at radius 3 is 2.42 bits per heavy atom. The van der Waals surface area contributed by atoms with Gasteiger partial charge in [-0.3, -0.25) is 14.9 Å². The van der Waals surface area contributed by atoms with Gasteiger partial charge in [-0.1, -0.05) is 18.2 Å². The van der Waals surface area contributed by atoms with E-state index < -0.39 is 41.2 Å². The van der Waals surface area contributed by atoms with Crippen molar-refractivity contribution in [1.29, 1.82) is 0 Å². The van der Waals surface area contributed by atoms with Gasteiger partial charge in [0.1, 0.15) is 5.82 Å². The number of imide groups is 1. The Balaban J connectivity index is 2.04. The van der Waals surface area contributed by atoms with Crippen LogP contribution in [-0.4, -0.2) is 29.7 Å². The number of benzene rings is 1. The first-order valence-electron chi connectivity index (χ1n) is 7.01. The Labute approximate surface area is 147 Å². The van der Waals surface area contributed by atoms with Crippen molar-refractivity contribution in [1.82, 2.24) is 10.6 Å². The molecule has 3 rings (SSSR count). The molecule has 1 aliphatic heterocycles. The number of hydrogen-bond donors (Lipinski definition) is 2. The average Bonchev–Trinajstić information content (AvgIpc) is 3.16. The first-order valence-corrected chi connectivity index (χ1v) is 7.89. The number of rotatable bonds is 3. The van der Waals surface area contributed by atoms with E-state index in [9.17, 15) is 31.9 Å². The summed E-state index contributed by atoms with van der Waals surface area (Å²) < 4.78 is 54.9. The van der Waals surface area contributed by atoms with Gasteiger partial charge >= 0.3 is 12.2 Å². The number of thiophene rings is 1. The van der Waals surface area contributed by atoms with Crippen molar-refractivity contribution in [2.24, 2.45) is 0 Å². The monoisotopic (exact) mass is 387 g/mol. The smallest absolute Gasteiger partial charge is 0.313 e. The van der Waals surface area contributed by atoms with Crippen molar-refractivity contribution < 1.29 is 31.9 Å². The van der Waals surface area contributed by atoms with Crippen molar-refractivity contribution in [3.05, 3.63) is 52.5 Å². The van der Waals surface area contributed by atoms with E-state index in [1.54, 1.807) is 0 Å². The minimum Gasteiger partial charge on any atom is -0.313 e. The van der Waals surface area contributed by atoms with Crippen LogP contribution in [0.5, 0.6) is 0 Å². The summed E-state index contributed by atoms with van der Waals surface area (Å²) in [6.07, 6.45) is -5.37. The van der Waals surface area contributed by atoms with Crippen LogP contribution in [0, 0.1) is 5.82 Å². The largest absolute Gasteiger partial charge is 0.440 e. The van der Waals surface area contributed by atoms with Crippen LogP contribution in [0.4, 0.5) is 28.0 Å². The number of alkyl halides is 3. The fourth-order valence-corrected chi connectivity index (χ4v) is 2.99. The molecule has 2 aromatic rings. The maximum atomic E-state index is 13.9. The minimum absolute atomic E-state index is 0.0114. The van der Waals surface area contributed by atoms with E-state index >= 15 is 0 Å². The molecular formula is C15H9F4N3O3S. The summed E-state index contributed by atoms with van der Waals surface area (Å²) in [7, 11) is 0. The summed E-state index contributed by atoms with van der Waals surface area (Å²) in [6, 6.07) is 5.52.